The molecular formula is C51H63FN6O5. The summed E-state index contributed by atoms with van der Waals surface area (Å²) in [5, 5.41) is 7.78. The number of nitrogens with zero attached hydrogens (tertiary/aromatic N) is 4. The molecule has 0 radical (unpaired) electrons. The van der Waals surface area contributed by atoms with E-state index in [-0.39, 0.29) is 23.4 Å². The molecule has 1 spiro atoms. The van der Waals surface area contributed by atoms with Gasteiger partial charge in [-0.25, -0.2) is 0 Å². The first-order valence-electron chi connectivity index (χ1n) is 21.7. The fourth-order valence-corrected chi connectivity index (χ4v) is 8.50. The van der Waals surface area contributed by atoms with Crippen molar-refractivity contribution in [2.75, 3.05) is 59.4 Å². The van der Waals surface area contributed by atoms with Gasteiger partial charge < -0.3 is 29.9 Å². The number of alkyl halides is 1. The van der Waals surface area contributed by atoms with Gasteiger partial charge in [-0.05, 0) is 150 Å². The molecule has 63 heavy (non-hydrogen) atoms. The predicted molar refractivity (Wildman–Crippen MR) is 250 cm³/mol. The molecule has 1 aromatic heterocycles. The quantitative estimate of drug-likeness (QED) is 0.0934. The highest BCUT2D eigenvalue weighted by molar-refractivity contribution is 6.00. The van der Waals surface area contributed by atoms with Crippen LogP contribution in [0.15, 0.2) is 97.1 Å². The van der Waals surface area contributed by atoms with E-state index in [2.05, 4.69) is 32.6 Å². The van der Waals surface area contributed by atoms with Crippen molar-refractivity contribution in [2.24, 2.45) is 5.41 Å². The summed E-state index contributed by atoms with van der Waals surface area (Å²) in [5.74, 6) is 1.36. The van der Waals surface area contributed by atoms with Crippen molar-refractivity contribution in [1.82, 2.24) is 25.4 Å². The van der Waals surface area contributed by atoms with Gasteiger partial charge in [0.1, 0.15) is 30.4 Å². The predicted octanol–water partition coefficient (Wildman–Crippen LogP) is 8.53. The molecule has 2 unspecified atom stereocenters. The average Bonchev–Trinajstić information content (AvgIpc) is 3.69. The number of pyridine rings is 1. The molecule has 2 aliphatic heterocycles. The number of fused-ring (bicyclic) bond motifs is 1. The van der Waals surface area contributed by atoms with E-state index in [4.69, 9.17) is 9.72 Å². The first kappa shape index (κ1) is 48.2. The highest BCUT2D eigenvalue weighted by Gasteiger charge is 2.40. The van der Waals surface area contributed by atoms with E-state index in [1.807, 2.05) is 125 Å². The number of hydrogen-bond donors (Lipinski definition) is 2. The summed E-state index contributed by atoms with van der Waals surface area (Å²) < 4.78 is 15.7. The average molecular weight is 859 g/mol. The number of likely N-dealkylation sites (tertiary alicyclic amines) is 1. The summed E-state index contributed by atoms with van der Waals surface area (Å²) >= 11 is 0. The molecule has 1 amide bonds. The number of aryl methyl sites for hydroxylation is 1. The molecule has 0 aliphatic carbocycles. The van der Waals surface area contributed by atoms with Crippen molar-refractivity contribution < 1.29 is 28.3 Å². The zero-order chi connectivity index (χ0) is 45.4. The third kappa shape index (κ3) is 12.9. The minimum atomic E-state index is -0.377. The van der Waals surface area contributed by atoms with Crippen LogP contribution in [0.2, 0.25) is 0 Å². The molecule has 12 heteroatoms. The lowest BCUT2D eigenvalue weighted by molar-refractivity contribution is -0.113. The molecule has 0 bridgehead atoms. The van der Waals surface area contributed by atoms with Crippen molar-refractivity contribution in [2.45, 2.75) is 71.1 Å². The summed E-state index contributed by atoms with van der Waals surface area (Å²) in [6.45, 7) is 9.14. The number of aldehydes is 3. The molecule has 4 aromatic carbocycles. The Hall–Kier alpha value is -5.82. The Labute approximate surface area is 372 Å². The number of ether oxygens (including phenoxy) is 1. The zero-order valence-electron chi connectivity index (χ0n) is 37.6. The van der Waals surface area contributed by atoms with Gasteiger partial charge in [-0.15, -0.1) is 0 Å². The number of anilines is 1. The highest BCUT2D eigenvalue weighted by Crippen LogP contribution is 2.42. The summed E-state index contributed by atoms with van der Waals surface area (Å²) in [6, 6.07) is 30.9. The molecule has 2 aliphatic rings. The second kappa shape index (κ2) is 23.6. The number of likely N-dealkylation sites (N-methyl/N-ethyl adjacent to an activating group) is 1. The Morgan fingerprint density at radius 3 is 2.33 bits per heavy atom. The van der Waals surface area contributed by atoms with Crippen LogP contribution in [0, 0.1) is 12.3 Å². The summed E-state index contributed by atoms with van der Waals surface area (Å²) in [5.41, 5.74) is 6.43. The van der Waals surface area contributed by atoms with Gasteiger partial charge in [0.2, 0.25) is 0 Å². The SMILES string of the molecule is CF.CNC.Cc1ccc(Oc2cccc3cc(C(=O)NC(C)c4cccc(CN5CCC6(CCN(c7ccc(C=O)c(CN(C)C(C=O)CCC=O)c7)CC6)C5)n4)ccc23)cc1. The van der Waals surface area contributed by atoms with E-state index in [9.17, 15) is 23.6 Å². The van der Waals surface area contributed by atoms with Gasteiger partial charge in [0, 0.05) is 61.3 Å². The molecule has 7 rings (SSSR count). The Kier molecular flexibility index (Phi) is 18.0. The summed E-state index contributed by atoms with van der Waals surface area (Å²) in [6.07, 6.45) is 6.68. The maximum atomic E-state index is 13.5. The molecule has 334 valence electrons. The number of amides is 1. The number of halogens is 1. The van der Waals surface area contributed by atoms with Crippen molar-refractivity contribution >= 4 is 41.2 Å². The van der Waals surface area contributed by atoms with Crippen molar-refractivity contribution in [3.05, 3.63) is 131 Å². The van der Waals surface area contributed by atoms with Crippen LogP contribution >= 0.6 is 0 Å². The molecule has 3 heterocycles. The molecule has 11 nitrogen and oxygen atoms in total. The lowest BCUT2D eigenvalue weighted by atomic mass is 9.77. The number of nitrogens with one attached hydrogen (secondary N) is 2. The van der Waals surface area contributed by atoms with Crippen LogP contribution in [0.3, 0.4) is 0 Å². The van der Waals surface area contributed by atoms with Crippen molar-refractivity contribution in [1.29, 1.82) is 0 Å². The van der Waals surface area contributed by atoms with Crippen LogP contribution < -0.4 is 20.3 Å². The fourth-order valence-electron chi connectivity index (χ4n) is 8.50. The van der Waals surface area contributed by atoms with E-state index in [1.54, 1.807) is 0 Å². The lowest BCUT2D eigenvalue weighted by Crippen LogP contribution is -2.41. The van der Waals surface area contributed by atoms with Gasteiger partial charge in [-0.1, -0.05) is 35.9 Å². The van der Waals surface area contributed by atoms with E-state index in [0.717, 1.165) is 116 Å². The lowest BCUT2D eigenvalue weighted by Gasteiger charge is -2.40. The van der Waals surface area contributed by atoms with Crippen LogP contribution in [0.1, 0.15) is 88.3 Å². The molecule has 0 saturated carbocycles. The number of rotatable bonds is 16. The van der Waals surface area contributed by atoms with Gasteiger partial charge >= 0.3 is 0 Å². The monoisotopic (exact) mass is 858 g/mol. The molecule has 2 N–H and O–H groups in total. The van der Waals surface area contributed by atoms with Crippen molar-refractivity contribution in [3.63, 3.8) is 0 Å². The standard InChI is InChI=1S/C48H53N5O5.C2H7N.CH3F/c1-34-12-17-43(18-13-34)58-46-11-4-7-36-27-37(15-19-44(36)46)47(57)49-35(2)45-10-5-8-40(50-45)30-52-23-20-48(33-52)21-24-53(25-22-48)41-16-14-38(31-55)39(28-41)29-51(3)42(32-56)9-6-26-54;1-3-2;1-2/h4-5,7-8,10-19,26-28,31-32,35,42H,6,9,20-25,29-30,33H2,1-3H3,(H,49,57);3H,1-2H3;1H3. The van der Waals surface area contributed by atoms with E-state index in [0.29, 0.717) is 37.7 Å². The number of hydrogen-bond acceptors (Lipinski definition) is 10. The van der Waals surface area contributed by atoms with Crippen LogP contribution in [0.5, 0.6) is 11.5 Å². The number of carbonyl (C=O) groups excluding carboxylic acids is 4. The van der Waals surface area contributed by atoms with Crippen LogP contribution in [0.4, 0.5) is 10.1 Å². The van der Waals surface area contributed by atoms with Gasteiger partial charge in [0.25, 0.3) is 5.91 Å². The smallest absolute Gasteiger partial charge is 0.251 e. The van der Waals surface area contributed by atoms with Gasteiger partial charge in [-0.3, -0.25) is 28.8 Å². The number of benzene rings is 4. The Morgan fingerprint density at radius 2 is 1.63 bits per heavy atom. The maximum Gasteiger partial charge on any atom is 0.251 e. The Balaban J connectivity index is 0.00000143. The second-order valence-electron chi connectivity index (χ2n) is 16.7. The Morgan fingerprint density at radius 1 is 0.921 bits per heavy atom. The highest BCUT2D eigenvalue weighted by atomic mass is 19.1. The number of aromatic nitrogens is 1. The van der Waals surface area contributed by atoms with E-state index < -0.39 is 0 Å². The molecule has 5 aromatic rings. The molecule has 2 atom stereocenters. The maximum absolute atomic E-state index is 13.5. The first-order chi connectivity index (χ1) is 30.6. The third-order valence-corrected chi connectivity index (χ3v) is 12.0. The number of carbonyl (C=O) groups is 4. The zero-order valence-corrected chi connectivity index (χ0v) is 37.6. The van der Waals surface area contributed by atoms with E-state index >= 15 is 0 Å². The van der Waals surface area contributed by atoms with Crippen LogP contribution in [0.25, 0.3) is 10.8 Å². The third-order valence-electron chi connectivity index (χ3n) is 12.0. The summed E-state index contributed by atoms with van der Waals surface area (Å²) in [7, 11) is 6.11. The summed E-state index contributed by atoms with van der Waals surface area (Å²) in [4.78, 5) is 59.8. The van der Waals surface area contributed by atoms with Gasteiger partial charge in [-0.2, -0.15) is 0 Å². The van der Waals surface area contributed by atoms with Gasteiger partial charge in [0.15, 0.2) is 0 Å². The van der Waals surface area contributed by atoms with Gasteiger partial charge in [0.05, 0.1) is 30.6 Å². The Bertz CT molecular complexity index is 2280. The minimum absolute atomic E-state index is 0.153. The van der Waals surface area contributed by atoms with Crippen molar-refractivity contribution in [3.8, 4) is 11.5 Å². The fraction of sp³-hybridized carbons (Fsp3) is 0.392. The van der Waals surface area contributed by atoms with Crippen LogP contribution in [-0.2, 0) is 22.7 Å². The topological polar surface area (TPSA) is 124 Å². The van der Waals surface area contributed by atoms with Crippen LogP contribution in [-0.4, -0.2) is 100 Å². The number of piperidine rings is 1. The van der Waals surface area contributed by atoms with E-state index in [1.165, 1.54) is 5.56 Å². The molecule has 2 fully saturated rings. The molecule has 2 saturated heterocycles. The second-order valence-corrected chi connectivity index (χ2v) is 16.7. The normalized spacial score (nSPS) is 15.4. The molecular weight excluding hydrogens is 796 g/mol. The minimum Gasteiger partial charge on any atom is -0.457 e. The largest absolute Gasteiger partial charge is 0.457 e. The first-order valence-corrected chi connectivity index (χ1v) is 21.7.